The van der Waals surface area contributed by atoms with Crippen LogP contribution in [0.5, 0.6) is 0 Å². The van der Waals surface area contributed by atoms with Crippen LogP contribution in [0.15, 0.2) is 0 Å². The molecule has 0 aromatic rings. The molecule has 1 heterocycles. The first-order valence-electron chi connectivity index (χ1n) is 5.96. The van der Waals surface area contributed by atoms with Crippen molar-refractivity contribution in [3.8, 4) is 0 Å². The van der Waals surface area contributed by atoms with Gasteiger partial charge in [0.05, 0.1) is 0 Å². The largest absolute Gasteiger partial charge is 0.328 e. The van der Waals surface area contributed by atoms with Crippen LogP contribution in [0.3, 0.4) is 0 Å². The number of halogens is 2. The van der Waals surface area contributed by atoms with Gasteiger partial charge >= 0.3 is 0 Å². The van der Waals surface area contributed by atoms with Gasteiger partial charge in [-0.15, -0.1) is 0 Å². The summed E-state index contributed by atoms with van der Waals surface area (Å²) in [5, 5.41) is 0. The Morgan fingerprint density at radius 1 is 1.00 bits per heavy atom. The van der Waals surface area contributed by atoms with E-state index in [1.165, 1.54) is 0 Å². The molecule has 3 unspecified atom stereocenters. The van der Waals surface area contributed by atoms with Crippen LogP contribution in [0.25, 0.3) is 0 Å². The normalized spacial score (nSPS) is 40.6. The molecule has 0 aromatic carbocycles. The van der Waals surface area contributed by atoms with Crippen molar-refractivity contribution in [1.82, 2.24) is 4.90 Å². The number of hydrogen-bond acceptors (Lipinski definition) is 2. The van der Waals surface area contributed by atoms with E-state index in [2.05, 4.69) is 4.90 Å². The summed E-state index contributed by atoms with van der Waals surface area (Å²) in [4.78, 5) is 2.10. The monoisotopic (exact) mass is 218 g/mol. The summed E-state index contributed by atoms with van der Waals surface area (Å²) in [5.74, 6) is 0. The maximum Gasteiger partial charge on any atom is 0.147 e. The minimum Gasteiger partial charge on any atom is -0.328 e. The summed E-state index contributed by atoms with van der Waals surface area (Å²) in [7, 11) is 0. The van der Waals surface area contributed by atoms with Crippen molar-refractivity contribution < 1.29 is 8.78 Å². The third-order valence-electron chi connectivity index (χ3n) is 3.74. The van der Waals surface area contributed by atoms with Gasteiger partial charge in [0.15, 0.2) is 0 Å². The number of piperidine rings is 1. The van der Waals surface area contributed by atoms with Gasteiger partial charge in [-0.3, -0.25) is 4.90 Å². The molecule has 15 heavy (non-hydrogen) atoms. The number of likely N-dealkylation sites (tertiary alicyclic amines) is 1. The SMILES string of the molecule is NC1CCN(C2CCCC(F)C2F)CC1. The summed E-state index contributed by atoms with van der Waals surface area (Å²) in [6.07, 6.45) is 1.31. The average molecular weight is 218 g/mol. The topological polar surface area (TPSA) is 29.3 Å². The Kier molecular flexibility index (Phi) is 3.57. The second-order valence-electron chi connectivity index (χ2n) is 4.83. The van der Waals surface area contributed by atoms with Crippen molar-refractivity contribution in [2.45, 2.75) is 56.5 Å². The molecule has 0 aromatic heterocycles. The summed E-state index contributed by atoms with van der Waals surface area (Å²) >= 11 is 0. The zero-order valence-corrected chi connectivity index (χ0v) is 9.04. The van der Waals surface area contributed by atoms with Crippen LogP contribution in [-0.4, -0.2) is 42.4 Å². The van der Waals surface area contributed by atoms with Gasteiger partial charge in [-0.05, 0) is 32.1 Å². The molecule has 0 bridgehead atoms. The molecule has 1 aliphatic carbocycles. The Morgan fingerprint density at radius 3 is 2.33 bits per heavy atom. The lowest BCUT2D eigenvalue weighted by Crippen LogP contribution is -2.52. The number of rotatable bonds is 1. The van der Waals surface area contributed by atoms with Crippen LogP contribution >= 0.6 is 0 Å². The molecule has 1 saturated carbocycles. The molecule has 1 aliphatic heterocycles. The van der Waals surface area contributed by atoms with Crippen LogP contribution in [0, 0.1) is 0 Å². The fourth-order valence-electron chi connectivity index (χ4n) is 2.72. The summed E-state index contributed by atoms with van der Waals surface area (Å²) in [6, 6.07) is 0.0605. The molecule has 2 fully saturated rings. The van der Waals surface area contributed by atoms with Gasteiger partial charge < -0.3 is 5.73 Å². The Balaban J connectivity index is 1.91. The van der Waals surface area contributed by atoms with Gasteiger partial charge in [-0.2, -0.15) is 0 Å². The highest BCUT2D eigenvalue weighted by Gasteiger charge is 2.37. The molecule has 0 spiro atoms. The first-order valence-corrected chi connectivity index (χ1v) is 5.96. The van der Waals surface area contributed by atoms with Gasteiger partial charge in [0, 0.05) is 25.2 Å². The number of nitrogens with two attached hydrogens (primary N) is 1. The van der Waals surface area contributed by atoms with Crippen LogP contribution < -0.4 is 5.73 Å². The summed E-state index contributed by atoms with van der Waals surface area (Å²) in [5.41, 5.74) is 5.79. The third-order valence-corrected chi connectivity index (χ3v) is 3.74. The van der Waals surface area contributed by atoms with E-state index in [4.69, 9.17) is 5.73 Å². The van der Waals surface area contributed by atoms with Crippen LogP contribution in [0.1, 0.15) is 32.1 Å². The Bertz CT molecular complexity index is 205. The fourth-order valence-corrected chi connectivity index (χ4v) is 2.72. The molecule has 2 nitrogen and oxygen atoms in total. The quantitative estimate of drug-likeness (QED) is 0.725. The lowest BCUT2D eigenvalue weighted by molar-refractivity contribution is 0.0104. The average Bonchev–Trinajstić information content (AvgIpc) is 2.24. The van der Waals surface area contributed by atoms with Gasteiger partial charge in [-0.1, -0.05) is 0 Å². The molecule has 2 rings (SSSR count). The number of alkyl halides is 2. The predicted molar refractivity (Wildman–Crippen MR) is 56.2 cm³/mol. The Labute approximate surface area is 89.8 Å². The highest BCUT2D eigenvalue weighted by atomic mass is 19.2. The zero-order chi connectivity index (χ0) is 10.8. The van der Waals surface area contributed by atoms with Crippen molar-refractivity contribution in [2.24, 2.45) is 5.73 Å². The molecule has 4 heteroatoms. The summed E-state index contributed by atoms with van der Waals surface area (Å²) < 4.78 is 26.9. The van der Waals surface area contributed by atoms with Crippen molar-refractivity contribution in [1.29, 1.82) is 0 Å². The van der Waals surface area contributed by atoms with E-state index < -0.39 is 12.3 Å². The van der Waals surface area contributed by atoms with Gasteiger partial charge in [0.25, 0.3) is 0 Å². The Morgan fingerprint density at radius 2 is 1.67 bits per heavy atom. The Hall–Kier alpha value is -0.220. The summed E-state index contributed by atoms with van der Waals surface area (Å²) in [6.45, 7) is 1.66. The second-order valence-corrected chi connectivity index (χ2v) is 4.83. The third kappa shape index (κ3) is 2.48. The lowest BCUT2D eigenvalue weighted by Gasteiger charge is -2.41. The minimum absolute atomic E-state index is 0.193. The van der Waals surface area contributed by atoms with E-state index in [-0.39, 0.29) is 12.1 Å². The molecule has 2 N–H and O–H groups in total. The number of hydrogen-bond donors (Lipinski definition) is 1. The van der Waals surface area contributed by atoms with Crippen LogP contribution in [0.4, 0.5) is 8.78 Å². The molecule has 88 valence electrons. The fraction of sp³-hybridized carbons (Fsp3) is 1.00. The lowest BCUT2D eigenvalue weighted by atomic mass is 9.89. The molecule has 1 saturated heterocycles. The molecular formula is C11H20F2N2. The van der Waals surface area contributed by atoms with Gasteiger partial charge in [0.2, 0.25) is 0 Å². The zero-order valence-electron chi connectivity index (χ0n) is 9.04. The predicted octanol–water partition coefficient (Wildman–Crippen LogP) is 1.64. The van der Waals surface area contributed by atoms with Gasteiger partial charge in [0.1, 0.15) is 12.3 Å². The van der Waals surface area contributed by atoms with Gasteiger partial charge in [-0.25, -0.2) is 8.78 Å². The van der Waals surface area contributed by atoms with Crippen LogP contribution in [-0.2, 0) is 0 Å². The molecule has 0 amide bonds. The number of nitrogens with zero attached hydrogens (tertiary/aromatic N) is 1. The van der Waals surface area contributed by atoms with Crippen molar-refractivity contribution >= 4 is 0 Å². The smallest absolute Gasteiger partial charge is 0.147 e. The molecule has 0 radical (unpaired) electrons. The highest BCUT2D eigenvalue weighted by Crippen LogP contribution is 2.29. The maximum atomic E-state index is 13.7. The van der Waals surface area contributed by atoms with Crippen molar-refractivity contribution in [3.63, 3.8) is 0 Å². The van der Waals surface area contributed by atoms with E-state index >= 15 is 0 Å². The first-order chi connectivity index (χ1) is 7.18. The second kappa shape index (κ2) is 4.74. The van der Waals surface area contributed by atoms with E-state index in [1.807, 2.05) is 0 Å². The maximum absolute atomic E-state index is 13.7. The van der Waals surface area contributed by atoms with E-state index in [0.29, 0.717) is 6.42 Å². The molecule has 2 aliphatic rings. The molecular weight excluding hydrogens is 198 g/mol. The van der Waals surface area contributed by atoms with E-state index in [9.17, 15) is 8.78 Å². The van der Waals surface area contributed by atoms with Crippen molar-refractivity contribution in [2.75, 3.05) is 13.1 Å². The first kappa shape index (κ1) is 11.3. The highest BCUT2D eigenvalue weighted by molar-refractivity contribution is 4.91. The van der Waals surface area contributed by atoms with E-state index in [0.717, 1.165) is 38.8 Å². The minimum atomic E-state index is -1.28. The molecule has 3 atom stereocenters. The van der Waals surface area contributed by atoms with Crippen molar-refractivity contribution in [3.05, 3.63) is 0 Å². The standard InChI is InChI=1S/C11H20F2N2/c12-9-2-1-3-10(11(9)13)15-6-4-8(14)5-7-15/h8-11H,1-7,14H2. The van der Waals surface area contributed by atoms with E-state index in [1.54, 1.807) is 0 Å². The van der Waals surface area contributed by atoms with Crippen LogP contribution in [0.2, 0.25) is 0 Å².